The topological polar surface area (TPSA) is 239 Å². The summed E-state index contributed by atoms with van der Waals surface area (Å²) in [5.41, 5.74) is -2.99. The van der Waals surface area contributed by atoms with Crippen molar-refractivity contribution in [3.63, 3.8) is 0 Å². The molecule has 15 nitrogen and oxygen atoms in total. The molecule has 230 valence electrons. The number of carbonyl (C=O) groups excluding carboxylic acids is 1. The third-order valence-electron chi connectivity index (χ3n) is 8.94. The monoisotopic (exact) mass is 596 g/mol. The lowest BCUT2D eigenvalue weighted by Crippen LogP contribution is -2.80. The number of hydrogen-bond donors (Lipinski definition) is 7. The van der Waals surface area contributed by atoms with Gasteiger partial charge in [-0.3, -0.25) is 0 Å². The fourth-order valence-corrected chi connectivity index (χ4v) is 7.02. The highest BCUT2D eigenvalue weighted by molar-refractivity contribution is 5.90. The molecular weight excluding hydrogens is 564 g/mol. The number of aliphatic hydroxyl groups excluding tert-OH is 4. The lowest BCUT2D eigenvalue weighted by atomic mass is 9.41. The molecule has 4 saturated heterocycles. The summed E-state index contributed by atoms with van der Waals surface area (Å²) >= 11 is 0. The molecule has 7 fully saturated rings. The highest BCUT2D eigenvalue weighted by atomic mass is 16.8. The molecule has 1 aromatic carbocycles. The first-order valence-electron chi connectivity index (χ1n) is 13.2. The van der Waals surface area contributed by atoms with Crippen LogP contribution in [0.1, 0.15) is 30.1 Å². The molecule has 3 aliphatic carbocycles. The SMILES string of the molecule is C[C@]12C[C@]3(O)OC(O1)[C@@]1(COC(=O)c4ccccc4)C3C[C@@]12O[C@@H]1O[C@H](CO)[C@@H](O)[C@H](O)[C@H]1O.O=C(O)/C=C\C(=O)O. The number of aliphatic hydroxyl groups is 5. The lowest BCUT2D eigenvalue weighted by Gasteiger charge is -2.67. The van der Waals surface area contributed by atoms with Gasteiger partial charge in [0.15, 0.2) is 18.4 Å². The van der Waals surface area contributed by atoms with Crippen LogP contribution in [0.15, 0.2) is 42.5 Å². The summed E-state index contributed by atoms with van der Waals surface area (Å²) in [6, 6.07) is 8.47. The Balaban J connectivity index is 0.000000390. The van der Waals surface area contributed by atoms with E-state index in [1.165, 1.54) is 0 Å². The van der Waals surface area contributed by atoms with Crippen molar-refractivity contribution in [2.24, 2.45) is 11.3 Å². The van der Waals surface area contributed by atoms with Crippen LogP contribution >= 0.6 is 0 Å². The molecule has 4 heterocycles. The molecule has 4 aliphatic heterocycles. The molecule has 3 saturated carbocycles. The maximum absolute atomic E-state index is 12.7. The summed E-state index contributed by atoms with van der Waals surface area (Å²) in [4.78, 5) is 31.8. The quantitative estimate of drug-likeness (QED) is 0.131. The predicted octanol–water partition coefficient (Wildman–Crippen LogP) is -1.65. The molecule has 1 aromatic rings. The van der Waals surface area contributed by atoms with Gasteiger partial charge in [0.2, 0.25) is 0 Å². The molecule has 42 heavy (non-hydrogen) atoms. The average Bonchev–Trinajstić information content (AvgIpc) is 3.13. The molecule has 0 spiro atoms. The minimum atomic E-state index is -1.61. The zero-order chi connectivity index (χ0) is 30.7. The fourth-order valence-electron chi connectivity index (χ4n) is 7.02. The van der Waals surface area contributed by atoms with E-state index in [2.05, 4.69) is 0 Å². The van der Waals surface area contributed by atoms with E-state index in [4.69, 9.17) is 33.9 Å². The minimum absolute atomic E-state index is 0.0902. The average molecular weight is 597 g/mol. The van der Waals surface area contributed by atoms with Crippen molar-refractivity contribution in [3.05, 3.63) is 48.0 Å². The van der Waals surface area contributed by atoms with Crippen molar-refractivity contribution < 1.29 is 73.8 Å². The van der Waals surface area contributed by atoms with Crippen LogP contribution < -0.4 is 0 Å². The molecular formula is C27H32O15. The smallest absolute Gasteiger partial charge is 0.338 e. The van der Waals surface area contributed by atoms with Gasteiger partial charge in [-0.2, -0.15) is 0 Å². The number of esters is 1. The van der Waals surface area contributed by atoms with Crippen molar-refractivity contribution in [1.82, 2.24) is 0 Å². The second kappa shape index (κ2) is 10.6. The molecule has 11 atom stereocenters. The first-order valence-corrected chi connectivity index (χ1v) is 13.2. The number of carbonyl (C=O) groups is 3. The number of rotatable bonds is 8. The Morgan fingerprint density at radius 3 is 2.24 bits per heavy atom. The van der Waals surface area contributed by atoms with Gasteiger partial charge in [0.1, 0.15) is 42.2 Å². The standard InChI is InChI=1S/C23H28O11.C4H4O4/c1-20-9-22(29)13-7-23(20,32-18-16(27)15(26)14(25)12(8-24)31-18)21(13,19(33-20)34-22)10-30-17(28)11-5-3-2-4-6-11;5-3(6)1-2-4(7)8/h2-6,12-16,18-19,24-27,29H,7-10H2,1H3;1-2H,(H,5,6)(H,7,8)/b;2-1-/t12-,13?,14-,15+,16-,18+,19?,20-,21-,22+,23+;/m1./s1. The van der Waals surface area contributed by atoms with E-state index in [0.29, 0.717) is 17.7 Å². The number of hydrogen-bond acceptors (Lipinski definition) is 13. The first-order chi connectivity index (χ1) is 19.7. The van der Waals surface area contributed by atoms with Gasteiger partial charge >= 0.3 is 17.9 Å². The summed E-state index contributed by atoms with van der Waals surface area (Å²) < 4.78 is 29.7. The first kappa shape index (κ1) is 30.5. The van der Waals surface area contributed by atoms with E-state index in [9.17, 15) is 39.9 Å². The number of benzene rings is 1. The zero-order valence-corrected chi connectivity index (χ0v) is 22.3. The molecule has 0 amide bonds. The Kier molecular flexibility index (Phi) is 7.71. The van der Waals surface area contributed by atoms with Crippen LogP contribution in [-0.2, 0) is 33.3 Å². The number of carboxylic acid groups (broad SMARTS) is 2. The maximum Gasteiger partial charge on any atom is 0.338 e. The molecule has 8 rings (SSSR count). The summed E-state index contributed by atoms with van der Waals surface area (Å²) in [6.45, 7) is 0.985. The van der Waals surface area contributed by atoms with Gasteiger partial charge in [0.25, 0.3) is 0 Å². The molecule has 2 unspecified atom stereocenters. The van der Waals surface area contributed by atoms with E-state index < -0.39 is 89.8 Å². The van der Waals surface area contributed by atoms with Gasteiger partial charge in [-0.15, -0.1) is 0 Å². The largest absolute Gasteiger partial charge is 0.478 e. The molecule has 7 N–H and O–H groups in total. The van der Waals surface area contributed by atoms with Crippen LogP contribution in [0.25, 0.3) is 0 Å². The van der Waals surface area contributed by atoms with Crippen LogP contribution in [-0.4, -0.2) is 121 Å². The second-order valence-electron chi connectivity index (χ2n) is 11.2. The Hall–Kier alpha value is -2.99. The van der Waals surface area contributed by atoms with Crippen molar-refractivity contribution >= 4 is 17.9 Å². The molecule has 6 bridgehead atoms. The fraction of sp³-hybridized carbons (Fsp3) is 0.593. The van der Waals surface area contributed by atoms with Crippen molar-refractivity contribution in [3.8, 4) is 0 Å². The molecule has 15 heteroatoms. The number of aliphatic carboxylic acids is 2. The van der Waals surface area contributed by atoms with Gasteiger partial charge in [-0.1, -0.05) is 18.2 Å². The van der Waals surface area contributed by atoms with Crippen LogP contribution in [0, 0.1) is 11.3 Å². The van der Waals surface area contributed by atoms with Crippen molar-refractivity contribution in [2.45, 2.75) is 73.8 Å². The third kappa shape index (κ3) is 4.44. The van der Waals surface area contributed by atoms with Gasteiger partial charge in [-0.25, -0.2) is 14.4 Å². The van der Waals surface area contributed by atoms with Crippen LogP contribution in [0.3, 0.4) is 0 Å². The lowest BCUT2D eigenvalue weighted by molar-refractivity contribution is -0.424. The normalized spacial score (nSPS) is 44.3. The highest BCUT2D eigenvalue weighted by Crippen LogP contribution is 2.81. The highest BCUT2D eigenvalue weighted by Gasteiger charge is 2.94. The van der Waals surface area contributed by atoms with E-state index in [1.54, 1.807) is 37.3 Å². The Bertz CT molecular complexity index is 1240. The summed E-state index contributed by atoms with van der Waals surface area (Å²) in [6.07, 6.45) is -6.76. The van der Waals surface area contributed by atoms with E-state index in [-0.39, 0.29) is 19.4 Å². The Morgan fingerprint density at radius 2 is 1.64 bits per heavy atom. The Labute approximate surface area is 238 Å². The van der Waals surface area contributed by atoms with Crippen molar-refractivity contribution in [1.29, 1.82) is 0 Å². The summed E-state index contributed by atoms with van der Waals surface area (Å²) in [7, 11) is 0. The number of carboxylic acids is 2. The zero-order valence-electron chi connectivity index (χ0n) is 22.3. The molecule has 0 radical (unpaired) electrons. The van der Waals surface area contributed by atoms with Crippen LogP contribution in [0.5, 0.6) is 0 Å². The van der Waals surface area contributed by atoms with Crippen LogP contribution in [0.4, 0.5) is 0 Å². The van der Waals surface area contributed by atoms with E-state index >= 15 is 0 Å². The van der Waals surface area contributed by atoms with Crippen LogP contribution in [0.2, 0.25) is 0 Å². The summed E-state index contributed by atoms with van der Waals surface area (Å²) in [5, 5.41) is 67.3. The molecule has 7 aliphatic rings. The summed E-state index contributed by atoms with van der Waals surface area (Å²) in [5.74, 6) is -5.01. The predicted molar refractivity (Wildman–Crippen MR) is 133 cm³/mol. The second-order valence-corrected chi connectivity index (χ2v) is 11.2. The van der Waals surface area contributed by atoms with E-state index in [0.717, 1.165) is 0 Å². The minimum Gasteiger partial charge on any atom is -0.478 e. The van der Waals surface area contributed by atoms with Gasteiger partial charge in [-0.05, 0) is 25.5 Å². The van der Waals surface area contributed by atoms with E-state index in [1.807, 2.05) is 0 Å². The molecule has 0 aromatic heterocycles. The maximum atomic E-state index is 12.7. The third-order valence-corrected chi connectivity index (χ3v) is 8.94. The van der Waals surface area contributed by atoms with Gasteiger partial charge in [0, 0.05) is 24.5 Å². The van der Waals surface area contributed by atoms with Gasteiger partial charge in [0.05, 0.1) is 17.6 Å². The Morgan fingerprint density at radius 1 is 1.00 bits per heavy atom. The van der Waals surface area contributed by atoms with Gasteiger partial charge < -0.3 is 59.4 Å². The number of ether oxygens (including phenoxy) is 5. The van der Waals surface area contributed by atoms with Crippen molar-refractivity contribution in [2.75, 3.05) is 13.2 Å².